The molecule has 0 bridgehead atoms. The van der Waals surface area contributed by atoms with Crippen molar-refractivity contribution >= 4 is 10.9 Å². The third-order valence-electron chi connectivity index (χ3n) is 6.59. The van der Waals surface area contributed by atoms with Crippen LogP contribution >= 0.6 is 0 Å². The maximum atomic E-state index is 12.3. The summed E-state index contributed by atoms with van der Waals surface area (Å²) in [7, 11) is 2.16. The highest BCUT2D eigenvalue weighted by Gasteiger charge is 2.43. The van der Waals surface area contributed by atoms with Gasteiger partial charge in [0.25, 0.3) is 0 Å². The van der Waals surface area contributed by atoms with E-state index in [0.717, 1.165) is 51.1 Å². The van der Waals surface area contributed by atoms with Gasteiger partial charge >= 0.3 is 6.61 Å². The number of nitrogens with zero attached hydrogens (tertiary/aromatic N) is 2. The maximum absolute atomic E-state index is 12.3. The number of rotatable bonds is 4. The second-order valence-electron chi connectivity index (χ2n) is 8.29. The first-order chi connectivity index (χ1) is 14.6. The van der Waals surface area contributed by atoms with Gasteiger partial charge in [-0.25, -0.2) is 0 Å². The number of aryl methyl sites for hydroxylation is 1. The van der Waals surface area contributed by atoms with Crippen molar-refractivity contribution in [2.24, 2.45) is 7.05 Å². The van der Waals surface area contributed by atoms with E-state index in [-0.39, 0.29) is 11.4 Å². The number of likely N-dealkylation sites (tertiary alicyclic amines) is 1. The van der Waals surface area contributed by atoms with Crippen LogP contribution in [0.25, 0.3) is 10.9 Å². The Morgan fingerprint density at radius 3 is 2.53 bits per heavy atom. The van der Waals surface area contributed by atoms with Crippen molar-refractivity contribution in [2.45, 2.75) is 38.0 Å². The quantitative estimate of drug-likeness (QED) is 0.613. The maximum Gasteiger partial charge on any atom is 0.387 e. The standard InChI is InChI=1S/C24H26F2N2O2/c1-27-21-5-3-2-4-19(21)20-10-15-29-24(22(20)27)11-13-28(14-12-24)16-17-6-8-18(9-7-17)30-23(25)26/h2-9,23H,10-16H2,1H3. The summed E-state index contributed by atoms with van der Waals surface area (Å²) in [4.78, 5) is 2.41. The van der Waals surface area contributed by atoms with Crippen molar-refractivity contribution in [1.82, 2.24) is 9.47 Å². The average molecular weight is 412 g/mol. The summed E-state index contributed by atoms with van der Waals surface area (Å²) in [5, 5.41) is 1.35. The van der Waals surface area contributed by atoms with Gasteiger partial charge in [-0.05, 0) is 48.6 Å². The lowest BCUT2D eigenvalue weighted by atomic mass is 9.83. The van der Waals surface area contributed by atoms with Crippen LogP contribution in [0, 0.1) is 0 Å². The molecule has 6 heteroatoms. The van der Waals surface area contributed by atoms with Crippen molar-refractivity contribution < 1.29 is 18.3 Å². The van der Waals surface area contributed by atoms with Crippen molar-refractivity contribution in [2.75, 3.05) is 19.7 Å². The molecule has 0 radical (unpaired) electrons. The number of piperidine rings is 1. The summed E-state index contributed by atoms with van der Waals surface area (Å²) < 4.78 is 37.9. The van der Waals surface area contributed by atoms with E-state index in [1.807, 2.05) is 12.1 Å². The van der Waals surface area contributed by atoms with E-state index in [1.165, 1.54) is 22.2 Å². The third-order valence-corrected chi connectivity index (χ3v) is 6.59. The van der Waals surface area contributed by atoms with Gasteiger partial charge in [0.2, 0.25) is 0 Å². The van der Waals surface area contributed by atoms with E-state index in [4.69, 9.17) is 4.74 Å². The monoisotopic (exact) mass is 412 g/mol. The fourth-order valence-electron chi connectivity index (χ4n) is 5.21. The fraction of sp³-hybridized carbons (Fsp3) is 0.417. The Kier molecular flexibility index (Phi) is 4.99. The average Bonchev–Trinajstić information content (AvgIpc) is 3.05. The lowest BCUT2D eigenvalue weighted by molar-refractivity contribution is -0.103. The molecule has 0 atom stereocenters. The summed E-state index contributed by atoms with van der Waals surface area (Å²) in [5.41, 5.74) is 4.96. The topological polar surface area (TPSA) is 26.6 Å². The van der Waals surface area contributed by atoms with Gasteiger partial charge in [0.15, 0.2) is 0 Å². The molecule has 0 saturated carbocycles. The molecule has 2 aromatic carbocycles. The van der Waals surface area contributed by atoms with E-state index in [9.17, 15) is 8.78 Å². The molecule has 0 amide bonds. The van der Waals surface area contributed by atoms with Crippen molar-refractivity contribution in [1.29, 1.82) is 0 Å². The van der Waals surface area contributed by atoms with Crippen LogP contribution in [0.2, 0.25) is 0 Å². The Bertz CT molecular complexity index is 1040. The molecular weight excluding hydrogens is 386 g/mol. The summed E-state index contributed by atoms with van der Waals surface area (Å²) in [6.07, 6.45) is 2.88. The largest absolute Gasteiger partial charge is 0.435 e. The Hall–Kier alpha value is -2.44. The minimum atomic E-state index is -2.79. The van der Waals surface area contributed by atoms with Crippen LogP contribution in [0.5, 0.6) is 5.75 Å². The summed E-state index contributed by atoms with van der Waals surface area (Å²) in [6.45, 7) is 0.662. The number of hydrogen-bond donors (Lipinski definition) is 0. The number of halogens is 2. The van der Waals surface area contributed by atoms with Crippen LogP contribution < -0.4 is 4.74 Å². The predicted octanol–water partition coefficient (Wildman–Crippen LogP) is 4.84. The summed E-state index contributed by atoms with van der Waals surface area (Å²) in [6, 6.07) is 15.6. The minimum Gasteiger partial charge on any atom is -0.435 e. The van der Waals surface area contributed by atoms with Gasteiger partial charge in [0, 0.05) is 37.6 Å². The minimum absolute atomic E-state index is 0.199. The number of para-hydroxylation sites is 1. The highest BCUT2D eigenvalue weighted by Crippen LogP contribution is 2.45. The summed E-state index contributed by atoms with van der Waals surface area (Å²) >= 11 is 0. The molecule has 5 rings (SSSR count). The highest BCUT2D eigenvalue weighted by atomic mass is 19.3. The SMILES string of the molecule is Cn1c2c(c3ccccc31)CCOC21CCN(Cc2ccc(OC(F)F)cc2)CC1. The van der Waals surface area contributed by atoms with Gasteiger partial charge in [-0.15, -0.1) is 0 Å². The van der Waals surface area contributed by atoms with Gasteiger partial charge < -0.3 is 14.0 Å². The summed E-state index contributed by atoms with van der Waals surface area (Å²) in [5.74, 6) is 0.199. The van der Waals surface area contributed by atoms with E-state index in [2.05, 4.69) is 45.5 Å². The number of fused-ring (bicyclic) bond motifs is 4. The van der Waals surface area contributed by atoms with Gasteiger partial charge in [-0.1, -0.05) is 30.3 Å². The van der Waals surface area contributed by atoms with Gasteiger partial charge in [-0.3, -0.25) is 4.90 Å². The number of benzene rings is 2. The zero-order valence-electron chi connectivity index (χ0n) is 17.1. The molecule has 3 aromatic rings. The van der Waals surface area contributed by atoms with E-state index < -0.39 is 6.61 Å². The van der Waals surface area contributed by atoms with Crippen molar-refractivity contribution in [3.05, 3.63) is 65.4 Å². The van der Waals surface area contributed by atoms with Crippen molar-refractivity contribution in [3.8, 4) is 5.75 Å². The highest BCUT2D eigenvalue weighted by molar-refractivity contribution is 5.86. The van der Waals surface area contributed by atoms with E-state index in [0.29, 0.717) is 0 Å². The molecule has 1 saturated heterocycles. The van der Waals surface area contributed by atoms with Gasteiger partial charge in [-0.2, -0.15) is 8.78 Å². The Morgan fingerprint density at radius 1 is 1.07 bits per heavy atom. The van der Waals surface area contributed by atoms with Crippen LogP contribution in [0.15, 0.2) is 48.5 Å². The van der Waals surface area contributed by atoms with Crippen molar-refractivity contribution in [3.63, 3.8) is 0 Å². The molecule has 1 spiro atoms. The van der Waals surface area contributed by atoms with Gasteiger partial charge in [0.1, 0.15) is 11.4 Å². The lowest BCUT2D eigenvalue weighted by Gasteiger charge is -2.44. The van der Waals surface area contributed by atoms with E-state index >= 15 is 0 Å². The first-order valence-corrected chi connectivity index (χ1v) is 10.5. The first kappa shape index (κ1) is 19.5. The molecule has 2 aliphatic heterocycles. The van der Waals surface area contributed by atoms with Crippen LogP contribution in [-0.4, -0.2) is 35.8 Å². The van der Waals surface area contributed by atoms with Crippen LogP contribution in [-0.2, 0) is 30.4 Å². The predicted molar refractivity (Wildman–Crippen MR) is 112 cm³/mol. The number of hydrogen-bond acceptors (Lipinski definition) is 3. The smallest absolute Gasteiger partial charge is 0.387 e. The zero-order valence-corrected chi connectivity index (χ0v) is 17.1. The Balaban J connectivity index is 1.32. The molecule has 0 unspecified atom stereocenters. The first-order valence-electron chi connectivity index (χ1n) is 10.5. The molecular formula is C24H26F2N2O2. The normalized spacial score (nSPS) is 18.8. The Morgan fingerprint density at radius 2 is 1.80 bits per heavy atom. The lowest BCUT2D eigenvalue weighted by Crippen LogP contribution is -2.47. The third kappa shape index (κ3) is 3.38. The zero-order chi connectivity index (χ0) is 20.7. The number of ether oxygens (including phenoxy) is 2. The second-order valence-corrected chi connectivity index (χ2v) is 8.29. The molecule has 1 fully saturated rings. The molecule has 30 heavy (non-hydrogen) atoms. The molecule has 0 aliphatic carbocycles. The molecule has 1 aromatic heterocycles. The van der Waals surface area contributed by atoms with Gasteiger partial charge in [0.05, 0.1) is 12.3 Å². The van der Waals surface area contributed by atoms with Crippen LogP contribution in [0.4, 0.5) is 8.78 Å². The number of aromatic nitrogens is 1. The molecule has 0 N–H and O–H groups in total. The molecule has 2 aliphatic rings. The second kappa shape index (κ2) is 7.67. The van der Waals surface area contributed by atoms with Crippen LogP contribution in [0.3, 0.4) is 0 Å². The fourth-order valence-corrected chi connectivity index (χ4v) is 5.21. The molecule has 3 heterocycles. The molecule has 4 nitrogen and oxygen atoms in total. The van der Waals surface area contributed by atoms with E-state index in [1.54, 1.807) is 12.1 Å². The van der Waals surface area contributed by atoms with Crippen LogP contribution in [0.1, 0.15) is 29.7 Å². The number of alkyl halides is 2. The Labute approximate surface area is 175 Å². The molecule has 158 valence electrons.